The van der Waals surface area contributed by atoms with E-state index in [4.69, 9.17) is 10.5 Å². The Kier molecular flexibility index (Phi) is 4.67. The average molecular weight is 501 g/mol. The van der Waals surface area contributed by atoms with Crippen LogP contribution in [-0.4, -0.2) is 36.5 Å². The van der Waals surface area contributed by atoms with Crippen LogP contribution < -0.4 is 0 Å². The number of nitro groups is 1. The maximum Gasteiger partial charge on any atom is 0.283 e. The molecule has 4 aliphatic carbocycles. The number of amidine groups is 2. The summed E-state index contributed by atoms with van der Waals surface area (Å²) in [5.41, 5.74) is 1.66. The van der Waals surface area contributed by atoms with E-state index in [2.05, 4.69) is 4.99 Å². The number of carbonyl (C=O) groups is 1. The van der Waals surface area contributed by atoms with Gasteiger partial charge in [-0.15, -0.1) is 0 Å². The summed E-state index contributed by atoms with van der Waals surface area (Å²) in [5.74, 6) is 1.93. The van der Waals surface area contributed by atoms with Gasteiger partial charge in [-0.2, -0.15) is 15.1 Å². The fraction of sp³-hybridized carbons (Fsp3) is 0.385. The zero-order valence-corrected chi connectivity index (χ0v) is 20.3. The lowest BCUT2D eigenvalue weighted by atomic mass is 9.50. The van der Waals surface area contributed by atoms with Crippen LogP contribution in [0.15, 0.2) is 58.3 Å². The van der Waals surface area contributed by atoms with Gasteiger partial charge in [-0.3, -0.25) is 20.3 Å². The minimum Gasteiger partial charge on any atom is -0.317 e. The Morgan fingerprint density at radius 3 is 2.39 bits per heavy atom. The van der Waals surface area contributed by atoms with Crippen molar-refractivity contribution < 1.29 is 9.72 Å². The summed E-state index contributed by atoms with van der Waals surface area (Å²) in [7, 11) is 0. The molecular weight excluding hydrogens is 476 g/mol. The maximum absolute atomic E-state index is 13.0. The van der Waals surface area contributed by atoms with Gasteiger partial charge in [0, 0.05) is 35.1 Å². The smallest absolute Gasteiger partial charge is 0.283 e. The number of hydrogen-bond acceptors (Lipinski definition) is 6. The van der Waals surface area contributed by atoms with Gasteiger partial charge >= 0.3 is 0 Å². The maximum atomic E-state index is 13.0. The molecule has 1 aromatic heterocycles. The molecule has 4 bridgehead atoms. The normalized spacial score (nSPS) is 31.6. The molecule has 0 spiro atoms. The molecule has 9 nitrogen and oxygen atoms in total. The number of rotatable bonds is 4. The van der Waals surface area contributed by atoms with E-state index in [0.29, 0.717) is 10.9 Å². The van der Waals surface area contributed by atoms with Gasteiger partial charge in [-0.1, -0.05) is 0 Å². The molecule has 6 aliphatic rings. The van der Waals surface area contributed by atoms with E-state index in [1.807, 2.05) is 22.9 Å². The van der Waals surface area contributed by atoms with Crippen molar-refractivity contribution in [3.8, 4) is 5.69 Å². The third-order valence-corrected chi connectivity index (χ3v) is 9.51. The molecule has 8 rings (SSSR count). The zero-order chi connectivity index (χ0) is 24.6. The molecule has 10 heteroatoms. The van der Waals surface area contributed by atoms with Gasteiger partial charge in [-0.25, -0.2) is 0 Å². The second-order valence-electron chi connectivity index (χ2n) is 10.7. The van der Waals surface area contributed by atoms with Crippen LogP contribution >= 0.6 is 11.8 Å². The van der Waals surface area contributed by atoms with E-state index in [1.54, 1.807) is 18.2 Å². The summed E-state index contributed by atoms with van der Waals surface area (Å²) in [6, 6.07) is 9.86. The second-order valence-corrected chi connectivity index (χ2v) is 11.7. The molecule has 3 heterocycles. The van der Waals surface area contributed by atoms with Crippen LogP contribution in [0.25, 0.3) is 11.8 Å². The van der Waals surface area contributed by atoms with Gasteiger partial charge in [0.1, 0.15) is 5.04 Å². The molecule has 0 atom stereocenters. The summed E-state index contributed by atoms with van der Waals surface area (Å²) in [5, 5.41) is 27.8. The number of carbonyl (C=O) groups excluding carboxylic acids is 1. The summed E-state index contributed by atoms with van der Waals surface area (Å²) < 4.78 is 1.82. The lowest BCUT2D eigenvalue weighted by molar-refractivity contribution is -0.384. The number of amides is 1. The number of nitro benzene ring substituents is 1. The van der Waals surface area contributed by atoms with E-state index in [-0.39, 0.29) is 22.5 Å². The van der Waals surface area contributed by atoms with Crippen molar-refractivity contribution in [2.24, 2.45) is 33.3 Å². The van der Waals surface area contributed by atoms with Gasteiger partial charge in [0.05, 0.1) is 10.5 Å². The van der Waals surface area contributed by atoms with Gasteiger partial charge < -0.3 is 4.57 Å². The van der Waals surface area contributed by atoms with Gasteiger partial charge in [0.15, 0.2) is 5.84 Å². The molecule has 0 saturated heterocycles. The molecule has 1 N–H and O–H groups in total. The predicted octanol–water partition coefficient (Wildman–Crippen LogP) is 5.22. The fourth-order valence-electron chi connectivity index (χ4n) is 7.21. The van der Waals surface area contributed by atoms with E-state index >= 15 is 0 Å². The Hall–Kier alpha value is -3.53. The van der Waals surface area contributed by atoms with Gasteiger partial charge in [-0.05, 0) is 98.4 Å². The van der Waals surface area contributed by atoms with Crippen LogP contribution in [0.3, 0.4) is 0 Å². The predicted molar refractivity (Wildman–Crippen MR) is 138 cm³/mol. The van der Waals surface area contributed by atoms with Crippen molar-refractivity contribution in [2.75, 3.05) is 0 Å². The number of aromatic nitrogens is 1. The van der Waals surface area contributed by atoms with Gasteiger partial charge in [0.2, 0.25) is 5.17 Å². The molecule has 0 radical (unpaired) electrons. The highest BCUT2D eigenvalue weighted by atomic mass is 32.2. The molecule has 36 heavy (non-hydrogen) atoms. The summed E-state index contributed by atoms with van der Waals surface area (Å²) in [4.78, 5) is 27.9. The third-order valence-electron chi connectivity index (χ3n) is 8.36. The molecule has 0 unspecified atom stereocenters. The first-order valence-corrected chi connectivity index (χ1v) is 13.1. The SMILES string of the molecule is N=C1/C(=C/c2cccn2-c2ccc([N+](=O)[O-])cc2)C(=O)N=C2SC(C34CC5CC(CC(C5)C3)C4)=NN12. The number of aliphatic imine (C=N–C) groups is 1. The fourth-order valence-corrected chi connectivity index (χ4v) is 8.32. The number of thioether (sulfide) groups is 1. The first-order chi connectivity index (χ1) is 17.4. The van der Waals surface area contributed by atoms with Crippen LogP contribution in [0.2, 0.25) is 0 Å². The molecule has 4 saturated carbocycles. The molecule has 2 aromatic rings. The average Bonchev–Trinajstić information content (AvgIpc) is 3.49. The molecule has 2 aliphatic heterocycles. The lowest BCUT2D eigenvalue weighted by Gasteiger charge is -2.56. The highest BCUT2D eigenvalue weighted by molar-refractivity contribution is 8.27. The minimum absolute atomic E-state index is 0.0103. The molecular formula is C26H24N6O3S. The van der Waals surface area contributed by atoms with Crippen molar-refractivity contribution in [3.05, 3.63) is 64.0 Å². The van der Waals surface area contributed by atoms with Gasteiger partial charge in [0.25, 0.3) is 11.6 Å². The number of hydrogen-bond donors (Lipinski definition) is 1. The first-order valence-electron chi connectivity index (χ1n) is 12.3. The molecule has 1 amide bonds. The van der Waals surface area contributed by atoms with E-state index in [0.717, 1.165) is 28.5 Å². The third kappa shape index (κ3) is 3.31. The van der Waals surface area contributed by atoms with E-state index in [9.17, 15) is 14.9 Å². The van der Waals surface area contributed by atoms with Crippen LogP contribution in [-0.2, 0) is 4.79 Å². The van der Waals surface area contributed by atoms with E-state index in [1.165, 1.54) is 67.4 Å². The number of hydrazone groups is 1. The van der Waals surface area contributed by atoms with Crippen LogP contribution in [0.1, 0.15) is 44.2 Å². The number of nitrogens with zero attached hydrogens (tertiary/aromatic N) is 5. The van der Waals surface area contributed by atoms with Crippen molar-refractivity contribution in [1.29, 1.82) is 5.41 Å². The van der Waals surface area contributed by atoms with Crippen LogP contribution in [0, 0.1) is 38.7 Å². The Morgan fingerprint density at radius 1 is 1.08 bits per heavy atom. The molecule has 182 valence electrons. The minimum atomic E-state index is -0.447. The monoisotopic (exact) mass is 500 g/mol. The topological polar surface area (TPSA) is 117 Å². The van der Waals surface area contributed by atoms with E-state index < -0.39 is 10.8 Å². The van der Waals surface area contributed by atoms with Crippen LogP contribution in [0.4, 0.5) is 5.69 Å². The Balaban J connectivity index is 1.20. The van der Waals surface area contributed by atoms with Crippen LogP contribution in [0.5, 0.6) is 0 Å². The first kappa shape index (κ1) is 21.7. The largest absolute Gasteiger partial charge is 0.317 e. The molecule has 4 fully saturated rings. The highest BCUT2D eigenvalue weighted by Crippen LogP contribution is 2.62. The second kappa shape index (κ2) is 7.73. The Labute approximate surface area is 211 Å². The van der Waals surface area contributed by atoms with Crippen molar-refractivity contribution >= 4 is 45.5 Å². The Bertz CT molecular complexity index is 1380. The standard InChI is InChI=1S/C26H24N6O3S/c27-22-21(11-20-2-1-7-30(20)18-3-5-19(6-4-18)32(34)35)23(33)28-25-31(22)29-24(36-25)26-12-15-8-16(13-26)10-17(9-15)14-26/h1-7,11,15-17,27H,8-10,12-14H2/b21-11-,27-22?. The zero-order valence-electron chi connectivity index (χ0n) is 19.5. The summed E-state index contributed by atoms with van der Waals surface area (Å²) in [6.07, 6.45) is 11.0. The van der Waals surface area contributed by atoms with Crippen molar-refractivity contribution in [1.82, 2.24) is 9.58 Å². The highest BCUT2D eigenvalue weighted by Gasteiger charge is 2.55. The number of benzene rings is 1. The summed E-state index contributed by atoms with van der Waals surface area (Å²) in [6.45, 7) is 0. The number of non-ortho nitro benzene ring substituents is 1. The summed E-state index contributed by atoms with van der Waals surface area (Å²) >= 11 is 1.48. The lowest BCUT2D eigenvalue weighted by Crippen LogP contribution is -2.49. The number of fused-ring (bicyclic) bond motifs is 1. The quantitative estimate of drug-likeness (QED) is 0.351. The number of nitrogens with one attached hydrogen (secondary N) is 1. The molecule has 1 aromatic carbocycles. The Morgan fingerprint density at radius 2 is 1.75 bits per heavy atom. The van der Waals surface area contributed by atoms with Crippen molar-refractivity contribution in [2.45, 2.75) is 38.5 Å². The van der Waals surface area contributed by atoms with Crippen molar-refractivity contribution in [3.63, 3.8) is 0 Å².